The van der Waals surface area contributed by atoms with Crippen molar-refractivity contribution in [2.75, 3.05) is 33.7 Å². The zero-order valence-corrected chi connectivity index (χ0v) is 12.6. The molecule has 0 spiro atoms. The number of carbonyl (C=O) groups excluding carboxylic acids is 2. The number of nitrogens with zero attached hydrogens (tertiary/aromatic N) is 3. The van der Waals surface area contributed by atoms with Gasteiger partial charge < -0.3 is 19.7 Å². The first kappa shape index (κ1) is 14.1. The number of fused-ring (bicyclic) bond motifs is 1. The minimum Gasteiger partial charge on any atom is -0.357 e. The minimum absolute atomic E-state index is 0.00904. The van der Waals surface area contributed by atoms with Gasteiger partial charge in [-0.25, -0.2) is 0 Å². The summed E-state index contributed by atoms with van der Waals surface area (Å²) in [5.74, 6) is 0.186. The molecule has 3 rings (SSSR count). The van der Waals surface area contributed by atoms with Crippen molar-refractivity contribution in [3.8, 4) is 0 Å². The van der Waals surface area contributed by atoms with Gasteiger partial charge in [-0.15, -0.1) is 0 Å². The number of hydrogen-bond acceptors (Lipinski definition) is 3. The third-order valence-corrected chi connectivity index (χ3v) is 4.49. The van der Waals surface area contributed by atoms with Gasteiger partial charge in [0.15, 0.2) is 0 Å². The maximum absolute atomic E-state index is 12.5. The Morgan fingerprint density at radius 3 is 2.90 bits per heavy atom. The summed E-state index contributed by atoms with van der Waals surface area (Å²) in [5.41, 5.74) is 0.606. The molecule has 0 aliphatic carbocycles. The highest BCUT2D eigenvalue weighted by atomic mass is 16.2. The highest BCUT2D eigenvalue weighted by Crippen LogP contribution is 2.33. The lowest BCUT2D eigenvalue weighted by Crippen LogP contribution is -2.41. The van der Waals surface area contributed by atoms with Gasteiger partial charge in [-0.1, -0.05) is 0 Å². The number of likely N-dealkylation sites (tertiary alicyclic amines) is 2. The molecule has 2 aliphatic heterocycles. The molecule has 2 atom stereocenters. The van der Waals surface area contributed by atoms with Crippen molar-refractivity contribution in [1.29, 1.82) is 0 Å². The summed E-state index contributed by atoms with van der Waals surface area (Å²) in [6, 6.07) is 3.84. The van der Waals surface area contributed by atoms with Crippen LogP contribution in [0, 0.1) is 0 Å². The van der Waals surface area contributed by atoms with E-state index in [0.29, 0.717) is 12.1 Å². The monoisotopic (exact) mass is 290 g/mol. The number of likely N-dealkylation sites (N-methyl/N-ethyl adjacent to an activating group) is 1. The Morgan fingerprint density at radius 2 is 2.24 bits per heavy atom. The molecule has 21 heavy (non-hydrogen) atoms. The van der Waals surface area contributed by atoms with Gasteiger partial charge in [-0.05, 0) is 32.6 Å². The van der Waals surface area contributed by atoms with E-state index in [2.05, 4.69) is 9.88 Å². The molecule has 0 aromatic carbocycles. The molecule has 1 N–H and O–H groups in total. The number of H-pyrrole nitrogens is 1. The van der Waals surface area contributed by atoms with E-state index >= 15 is 0 Å². The summed E-state index contributed by atoms with van der Waals surface area (Å²) in [6.45, 7) is 2.34. The molecule has 0 saturated carbocycles. The van der Waals surface area contributed by atoms with Crippen LogP contribution in [0.1, 0.15) is 23.3 Å². The minimum atomic E-state index is 0.00904. The third-order valence-electron chi connectivity index (χ3n) is 4.49. The first-order valence-electron chi connectivity index (χ1n) is 7.46. The summed E-state index contributed by atoms with van der Waals surface area (Å²) >= 11 is 0. The number of aromatic amines is 1. The SMILES string of the molecule is CN(C)CCN1C(=O)CC2C1CCN2C(=O)c1ccc[nH]1. The molecular formula is C15H22N4O2. The molecule has 6 heteroatoms. The first-order valence-corrected chi connectivity index (χ1v) is 7.46. The Morgan fingerprint density at radius 1 is 1.43 bits per heavy atom. The molecule has 1 aromatic heterocycles. The Bertz CT molecular complexity index is 526. The van der Waals surface area contributed by atoms with Crippen LogP contribution in [0.15, 0.2) is 18.3 Å². The average Bonchev–Trinajstić information content (AvgIpc) is 3.12. The molecular weight excluding hydrogens is 268 g/mol. The lowest BCUT2D eigenvalue weighted by Gasteiger charge is -2.26. The van der Waals surface area contributed by atoms with Crippen LogP contribution in [0.4, 0.5) is 0 Å². The van der Waals surface area contributed by atoms with Gasteiger partial charge >= 0.3 is 0 Å². The van der Waals surface area contributed by atoms with Gasteiger partial charge in [0.25, 0.3) is 5.91 Å². The quantitative estimate of drug-likeness (QED) is 0.873. The van der Waals surface area contributed by atoms with Gasteiger partial charge in [0.05, 0.1) is 12.1 Å². The van der Waals surface area contributed by atoms with Crippen LogP contribution in [0.2, 0.25) is 0 Å². The fourth-order valence-corrected chi connectivity index (χ4v) is 3.40. The molecule has 1 aromatic rings. The Labute approximate surface area is 124 Å². The second kappa shape index (κ2) is 5.52. The van der Waals surface area contributed by atoms with Crippen LogP contribution in [0.5, 0.6) is 0 Å². The summed E-state index contributed by atoms with van der Waals surface area (Å²) < 4.78 is 0. The topological polar surface area (TPSA) is 59.6 Å². The maximum Gasteiger partial charge on any atom is 0.270 e. The fraction of sp³-hybridized carbons (Fsp3) is 0.600. The van der Waals surface area contributed by atoms with Gasteiger partial charge in [-0.2, -0.15) is 0 Å². The van der Waals surface area contributed by atoms with Crippen molar-refractivity contribution in [1.82, 2.24) is 19.7 Å². The molecule has 0 radical (unpaired) electrons. The zero-order chi connectivity index (χ0) is 15.0. The molecule has 3 heterocycles. The van der Waals surface area contributed by atoms with Crippen molar-refractivity contribution >= 4 is 11.8 Å². The second-order valence-corrected chi connectivity index (χ2v) is 6.10. The fourth-order valence-electron chi connectivity index (χ4n) is 3.40. The molecule has 6 nitrogen and oxygen atoms in total. The normalized spacial score (nSPS) is 25.0. The number of aromatic nitrogens is 1. The van der Waals surface area contributed by atoms with Crippen molar-refractivity contribution in [2.45, 2.75) is 24.9 Å². The summed E-state index contributed by atoms with van der Waals surface area (Å²) in [4.78, 5) is 33.6. The molecule has 0 bridgehead atoms. The van der Waals surface area contributed by atoms with Crippen molar-refractivity contribution in [3.63, 3.8) is 0 Å². The smallest absolute Gasteiger partial charge is 0.270 e. The van der Waals surface area contributed by atoms with E-state index in [4.69, 9.17) is 0 Å². The molecule has 2 fully saturated rings. The number of rotatable bonds is 4. The van der Waals surface area contributed by atoms with Gasteiger partial charge in [0.1, 0.15) is 5.69 Å². The van der Waals surface area contributed by atoms with Crippen LogP contribution in [-0.2, 0) is 4.79 Å². The van der Waals surface area contributed by atoms with E-state index in [1.807, 2.05) is 30.0 Å². The molecule has 2 unspecified atom stereocenters. The molecule has 2 aliphatic rings. The third kappa shape index (κ3) is 2.55. The zero-order valence-electron chi connectivity index (χ0n) is 12.6. The van der Waals surface area contributed by atoms with Crippen LogP contribution in [0.25, 0.3) is 0 Å². The first-order chi connectivity index (χ1) is 10.1. The van der Waals surface area contributed by atoms with Crippen LogP contribution in [-0.4, -0.2) is 77.3 Å². The highest BCUT2D eigenvalue weighted by molar-refractivity contribution is 5.94. The average molecular weight is 290 g/mol. The van der Waals surface area contributed by atoms with E-state index in [-0.39, 0.29) is 23.9 Å². The number of carbonyl (C=O) groups is 2. The standard InChI is InChI=1S/C15H22N4O2/c1-17(2)8-9-18-12-5-7-19(13(12)10-14(18)20)15(21)11-4-3-6-16-11/h3-4,6,12-13,16H,5,7-10H2,1-2H3. The van der Waals surface area contributed by atoms with E-state index in [0.717, 1.165) is 26.1 Å². The van der Waals surface area contributed by atoms with E-state index in [1.165, 1.54) is 0 Å². The lowest BCUT2D eigenvalue weighted by molar-refractivity contribution is -0.129. The maximum atomic E-state index is 12.5. The van der Waals surface area contributed by atoms with Crippen LogP contribution < -0.4 is 0 Å². The number of hydrogen-bond donors (Lipinski definition) is 1. The number of amides is 2. The Hall–Kier alpha value is -1.82. The van der Waals surface area contributed by atoms with Gasteiger partial charge in [0.2, 0.25) is 5.91 Å². The second-order valence-electron chi connectivity index (χ2n) is 6.10. The molecule has 114 valence electrons. The number of nitrogens with one attached hydrogen (secondary N) is 1. The largest absolute Gasteiger partial charge is 0.357 e. The van der Waals surface area contributed by atoms with E-state index < -0.39 is 0 Å². The van der Waals surface area contributed by atoms with Gasteiger partial charge in [0, 0.05) is 32.3 Å². The van der Waals surface area contributed by atoms with Crippen LogP contribution in [0.3, 0.4) is 0 Å². The Balaban J connectivity index is 1.70. The highest BCUT2D eigenvalue weighted by Gasteiger charge is 2.48. The summed E-state index contributed by atoms with van der Waals surface area (Å²) in [5, 5.41) is 0. The van der Waals surface area contributed by atoms with E-state index in [9.17, 15) is 9.59 Å². The summed E-state index contributed by atoms with van der Waals surface area (Å²) in [7, 11) is 4.02. The predicted octanol–water partition coefficient (Wildman–Crippen LogP) is 0.392. The predicted molar refractivity (Wildman–Crippen MR) is 78.9 cm³/mol. The Kier molecular flexibility index (Phi) is 3.71. The lowest BCUT2D eigenvalue weighted by atomic mass is 10.1. The van der Waals surface area contributed by atoms with Crippen molar-refractivity contribution < 1.29 is 9.59 Å². The van der Waals surface area contributed by atoms with Gasteiger partial charge in [-0.3, -0.25) is 9.59 Å². The van der Waals surface area contributed by atoms with Crippen molar-refractivity contribution in [2.24, 2.45) is 0 Å². The van der Waals surface area contributed by atoms with E-state index in [1.54, 1.807) is 12.3 Å². The molecule has 2 saturated heterocycles. The van der Waals surface area contributed by atoms with Crippen LogP contribution >= 0.6 is 0 Å². The van der Waals surface area contributed by atoms with Crippen molar-refractivity contribution in [3.05, 3.63) is 24.0 Å². The molecule has 2 amide bonds. The summed E-state index contributed by atoms with van der Waals surface area (Å²) in [6.07, 6.45) is 3.10.